The smallest absolute Gasteiger partial charge is 0.326 e. The number of esters is 1. The fourth-order valence-corrected chi connectivity index (χ4v) is 1.75. The molecule has 0 radical (unpaired) electrons. The zero-order chi connectivity index (χ0) is 15.8. The molecular formula is C13H15ClN2O5. The van der Waals surface area contributed by atoms with Crippen LogP contribution in [0, 0.1) is 0 Å². The number of nitrogens with one attached hydrogen (secondary N) is 1. The maximum Gasteiger partial charge on any atom is 0.326 e. The van der Waals surface area contributed by atoms with Crippen molar-refractivity contribution in [3.63, 3.8) is 0 Å². The number of pyridine rings is 1. The molecule has 1 rings (SSSR count). The van der Waals surface area contributed by atoms with Crippen molar-refractivity contribution in [2.75, 3.05) is 6.61 Å². The summed E-state index contributed by atoms with van der Waals surface area (Å²) in [6.07, 6.45) is 1.23. The van der Waals surface area contributed by atoms with E-state index in [0.29, 0.717) is 0 Å². The fourth-order valence-electron chi connectivity index (χ4n) is 1.54. The Kier molecular flexibility index (Phi) is 6.61. The number of carbonyl (C=O) groups is 3. The average molecular weight is 315 g/mol. The number of rotatable bonds is 7. The summed E-state index contributed by atoms with van der Waals surface area (Å²) in [5.41, 5.74) is 0.0709. The van der Waals surface area contributed by atoms with Crippen molar-refractivity contribution in [1.29, 1.82) is 0 Å². The van der Waals surface area contributed by atoms with E-state index in [1.54, 1.807) is 6.92 Å². The Morgan fingerprint density at radius 3 is 2.76 bits per heavy atom. The zero-order valence-electron chi connectivity index (χ0n) is 11.3. The van der Waals surface area contributed by atoms with E-state index in [1.807, 2.05) is 0 Å². The molecule has 1 heterocycles. The highest BCUT2D eigenvalue weighted by Crippen LogP contribution is 2.12. The molecule has 0 saturated carbocycles. The van der Waals surface area contributed by atoms with Crippen LogP contribution in [0.5, 0.6) is 0 Å². The van der Waals surface area contributed by atoms with Crippen LogP contribution in [0.3, 0.4) is 0 Å². The number of aromatic nitrogens is 1. The van der Waals surface area contributed by atoms with Crippen LogP contribution >= 0.6 is 11.6 Å². The summed E-state index contributed by atoms with van der Waals surface area (Å²) in [5.74, 6) is -2.42. The lowest BCUT2D eigenvalue weighted by atomic mass is 10.1. The molecule has 8 heteroatoms. The lowest BCUT2D eigenvalue weighted by molar-refractivity contribution is -0.144. The summed E-state index contributed by atoms with van der Waals surface area (Å²) >= 11 is 5.76. The number of halogens is 1. The molecule has 7 nitrogen and oxygen atoms in total. The Balaban J connectivity index is 2.66. The minimum Gasteiger partial charge on any atom is -0.480 e. The van der Waals surface area contributed by atoms with Crippen molar-refractivity contribution in [3.8, 4) is 0 Å². The summed E-state index contributed by atoms with van der Waals surface area (Å²) in [7, 11) is 0. The van der Waals surface area contributed by atoms with E-state index < -0.39 is 23.9 Å². The average Bonchev–Trinajstić information content (AvgIpc) is 2.43. The van der Waals surface area contributed by atoms with Crippen molar-refractivity contribution in [3.05, 3.63) is 29.0 Å². The lowest BCUT2D eigenvalue weighted by Crippen LogP contribution is -2.41. The topological polar surface area (TPSA) is 106 Å². The summed E-state index contributed by atoms with van der Waals surface area (Å²) < 4.78 is 4.71. The molecule has 1 atom stereocenters. The first-order valence-electron chi connectivity index (χ1n) is 6.25. The third kappa shape index (κ3) is 5.39. The molecule has 0 fully saturated rings. The lowest BCUT2D eigenvalue weighted by Gasteiger charge is -2.14. The second kappa shape index (κ2) is 8.21. The number of amides is 1. The van der Waals surface area contributed by atoms with Crippen LogP contribution in [-0.2, 0) is 14.3 Å². The molecule has 1 amide bonds. The number of nitrogens with zero attached hydrogens (tertiary/aromatic N) is 1. The Labute approximate surface area is 126 Å². The molecule has 114 valence electrons. The summed E-state index contributed by atoms with van der Waals surface area (Å²) in [6, 6.07) is 1.72. The molecule has 1 aromatic rings. The first-order valence-corrected chi connectivity index (χ1v) is 6.63. The Morgan fingerprint density at radius 2 is 2.19 bits per heavy atom. The van der Waals surface area contributed by atoms with E-state index in [9.17, 15) is 14.4 Å². The van der Waals surface area contributed by atoms with Gasteiger partial charge in [-0.05, 0) is 25.5 Å². The quantitative estimate of drug-likeness (QED) is 0.580. The van der Waals surface area contributed by atoms with Gasteiger partial charge in [0.05, 0.1) is 12.2 Å². The highest BCUT2D eigenvalue weighted by Gasteiger charge is 2.23. The second-order valence-corrected chi connectivity index (χ2v) is 4.41. The Hall–Kier alpha value is -2.15. The van der Waals surface area contributed by atoms with Gasteiger partial charge in [0.25, 0.3) is 5.91 Å². The molecule has 2 N–H and O–H groups in total. The molecule has 21 heavy (non-hydrogen) atoms. The largest absolute Gasteiger partial charge is 0.480 e. The highest BCUT2D eigenvalue weighted by atomic mass is 35.5. The summed E-state index contributed by atoms with van der Waals surface area (Å²) in [6.45, 7) is 1.87. The normalized spacial score (nSPS) is 11.5. The number of hydrogen-bond donors (Lipinski definition) is 2. The highest BCUT2D eigenvalue weighted by molar-refractivity contribution is 6.32. The molecule has 0 spiro atoms. The van der Waals surface area contributed by atoms with Gasteiger partial charge in [0.15, 0.2) is 0 Å². The van der Waals surface area contributed by atoms with E-state index in [-0.39, 0.29) is 30.2 Å². The van der Waals surface area contributed by atoms with Gasteiger partial charge in [0.1, 0.15) is 11.2 Å². The SMILES string of the molecule is CCOC(=O)CC[C@H](NC(=O)c1cccnc1Cl)C(=O)O. The van der Waals surface area contributed by atoms with E-state index >= 15 is 0 Å². The van der Waals surface area contributed by atoms with Crippen LogP contribution in [0.25, 0.3) is 0 Å². The maximum absolute atomic E-state index is 11.9. The predicted octanol–water partition coefficient (Wildman–Crippen LogP) is 1.26. The van der Waals surface area contributed by atoms with Gasteiger partial charge in [-0.2, -0.15) is 0 Å². The molecular weight excluding hydrogens is 300 g/mol. The van der Waals surface area contributed by atoms with Gasteiger partial charge in [-0.25, -0.2) is 9.78 Å². The van der Waals surface area contributed by atoms with Gasteiger partial charge >= 0.3 is 11.9 Å². The van der Waals surface area contributed by atoms with Crippen molar-refractivity contribution in [2.24, 2.45) is 0 Å². The second-order valence-electron chi connectivity index (χ2n) is 4.05. The van der Waals surface area contributed by atoms with Crippen molar-refractivity contribution < 1.29 is 24.2 Å². The standard InChI is InChI=1S/C13H15ClN2O5/c1-2-21-10(17)6-5-9(13(19)20)16-12(18)8-4-3-7-15-11(8)14/h3-4,7,9H,2,5-6H2,1H3,(H,16,18)(H,19,20)/t9-/m0/s1. The molecule has 0 unspecified atom stereocenters. The van der Waals surface area contributed by atoms with E-state index in [4.69, 9.17) is 21.4 Å². The van der Waals surface area contributed by atoms with Gasteiger partial charge in [0.2, 0.25) is 0 Å². The van der Waals surface area contributed by atoms with Gasteiger partial charge < -0.3 is 15.2 Å². The molecule has 1 aromatic heterocycles. The van der Waals surface area contributed by atoms with Crippen LogP contribution in [0.4, 0.5) is 0 Å². The maximum atomic E-state index is 11.9. The van der Waals surface area contributed by atoms with Crippen LogP contribution in [0.15, 0.2) is 18.3 Å². The minimum absolute atomic E-state index is 0.0236. The monoisotopic (exact) mass is 314 g/mol. The van der Waals surface area contributed by atoms with Gasteiger partial charge in [-0.15, -0.1) is 0 Å². The van der Waals surface area contributed by atoms with Crippen molar-refractivity contribution >= 4 is 29.4 Å². The molecule has 0 saturated heterocycles. The number of carboxylic acids is 1. The number of hydrogen-bond acceptors (Lipinski definition) is 5. The van der Waals surface area contributed by atoms with Crippen LogP contribution < -0.4 is 5.32 Å². The van der Waals surface area contributed by atoms with E-state index in [1.165, 1.54) is 18.3 Å². The van der Waals surface area contributed by atoms with Crippen LogP contribution in [0.1, 0.15) is 30.1 Å². The van der Waals surface area contributed by atoms with Gasteiger partial charge in [-0.1, -0.05) is 11.6 Å². The van der Waals surface area contributed by atoms with Crippen LogP contribution in [-0.4, -0.2) is 40.6 Å². The number of ether oxygens (including phenoxy) is 1. The Bertz CT molecular complexity index is 535. The summed E-state index contributed by atoms with van der Waals surface area (Å²) in [5, 5.41) is 11.3. The number of carbonyl (C=O) groups excluding carboxylic acids is 2. The zero-order valence-corrected chi connectivity index (χ0v) is 12.1. The molecule has 0 aromatic carbocycles. The molecule has 0 bridgehead atoms. The Morgan fingerprint density at radius 1 is 1.48 bits per heavy atom. The van der Waals surface area contributed by atoms with Crippen LogP contribution in [0.2, 0.25) is 5.15 Å². The van der Waals surface area contributed by atoms with Gasteiger partial charge in [0, 0.05) is 12.6 Å². The van der Waals surface area contributed by atoms with Crippen molar-refractivity contribution in [1.82, 2.24) is 10.3 Å². The predicted molar refractivity (Wildman–Crippen MR) is 74.0 cm³/mol. The fraction of sp³-hybridized carbons (Fsp3) is 0.385. The van der Waals surface area contributed by atoms with Gasteiger partial charge in [-0.3, -0.25) is 9.59 Å². The summed E-state index contributed by atoms with van der Waals surface area (Å²) in [4.78, 5) is 38.0. The van der Waals surface area contributed by atoms with Crippen molar-refractivity contribution in [2.45, 2.75) is 25.8 Å². The molecule has 0 aliphatic rings. The first-order chi connectivity index (χ1) is 9.95. The third-order valence-electron chi connectivity index (χ3n) is 2.55. The number of aliphatic carboxylic acids is 1. The first kappa shape index (κ1) is 16.9. The van der Waals surface area contributed by atoms with E-state index in [0.717, 1.165) is 0 Å². The molecule has 0 aliphatic carbocycles. The molecule has 0 aliphatic heterocycles. The van der Waals surface area contributed by atoms with E-state index in [2.05, 4.69) is 10.3 Å². The minimum atomic E-state index is -1.24. The third-order valence-corrected chi connectivity index (χ3v) is 2.85. The number of carboxylic acid groups (broad SMARTS) is 1.